The molecular weight excluding hydrogens is 176 g/mol. The fourth-order valence-corrected chi connectivity index (χ4v) is 1.29. The number of aryl methyl sites for hydroxylation is 1. The number of nitrogens with two attached hydrogens (primary N) is 1. The van der Waals surface area contributed by atoms with E-state index < -0.39 is 0 Å². The Morgan fingerprint density at radius 3 is 2.93 bits per heavy atom. The molecule has 4 nitrogen and oxygen atoms in total. The second-order valence-electron chi connectivity index (χ2n) is 3.23. The van der Waals surface area contributed by atoms with Crippen molar-refractivity contribution < 1.29 is 0 Å². The van der Waals surface area contributed by atoms with Crippen LogP contribution in [0, 0.1) is 6.92 Å². The summed E-state index contributed by atoms with van der Waals surface area (Å²) in [6.07, 6.45) is 5.42. The molecule has 0 spiro atoms. The molecule has 0 fully saturated rings. The highest BCUT2D eigenvalue weighted by atomic mass is 15.3. The number of aromatic nitrogens is 3. The molecule has 0 unspecified atom stereocenters. The molecule has 0 saturated carbocycles. The monoisotopic (exact) mass is 188 g/mol. The van der Waals surface area contributed by atoms with Gasteiger partial charge in [0.1, 0.15) is 0 Å². The van der Waals surface area contributed by atoms with E-state index in [2.05, 4.69) is 10.1 Å². The molecule has 14 heavy (non-hydrogen) atoms. The van der Waals surface area contributed by atoms with Crippen LogP contribution in [-0.2, 0) is 6.54 Å². The lowest BCUT2D eigenvalue weighted by Crippen LogP contribution is -2.00. The van der Waals surface area contributed by atoms with E-state index in [-0.39, 0.29) is 0 Å². The first-order chi connectivity index (χ1) is 6.75. The summed E-state index contributed by atoms with van der Waals surface area (Å²) in [4.78, 5) is 4.04. The Kier molecular flexibility index (Phi) is 2.18. The number of nitrogens with zero attached hydrogens (tertiary/aromatic N) is 3. The zero-order valence-corrected chi connectivity index (χ0v) is 8.01. The van der Waals surface area contributed by atoms with Crippen molar-refractivity contribution in [3.05, 3.63) is 42.0 Å². The Balaban J connectivity index is 2.19. The first-order valence-corrected chi connectivity index (χ1v) is 4.44. The van der Waals surface area contributed by atoms with Crippen LogP contribution in [0.5, 0.6) is 0 Å². The van der Waals surface area contributed by atoms with Gasteiger partial charge in [-0.3, -0.25) is 9.67 Å². The van der Waals surface area contributed by atoms with E-state index in [9.17, 15) is 0 Å². The maximum atomic E-state index is 5.70. The van der Waals surface area contributed by atoms with Crippen LogP contribution >= 0.6 is 0 Å². The van der Waals surface area contributed by atoms with Crippen molar-refractivity contribution >= 4 is 5.69 Å². The first kappa shape index (κ1) is 8.74. The Morgan fingerprint density at radius 2 is 2.36 bits per heavy atom. The second kappa shape index (κ2) is 3.49. The van der Waals surface area contributed by atoms with Crippen LogP contribution in [0.25, 0.3) is 0 Å². The minimum Gasteiger partial charge on any atom is -0.396 e. The van der Waals surface area contributed by atoms with E-state index in [0.717, 1.165) is 16.9 Å². The van der Waals surface area contributed by atoms with Crippen LogP contribution in [0.15, 0.2) is 30.7 Å². The largest absolute Gasteiger partial charge is 0.396 e. The third-order valence-corrected chi connectivity index (χ3v) is 2.05. The van der Waals surface area contributed by atoms with Gasteiger partial charge >= 0.3 is 0 Å². The molecule has 0 aromatic carbocycles. The summed E-state index contributed by atoms with van der Waals surface area (Å²) < 4.78 is 1.82. The Labute approximate surface area is 82.4 Å². The Bertz CT molecular complexity index is 399. The van der Waals surface area contributed by atoms with Crippen molar-refractivity contribution in [1.29, 1.82) is 0 Å². The molecule has 2 heterocycles. The lowest BCUT2D eigenvalue weighted by Gasteiger charge is -1.99. The standard InChI is InChI=1S/C10H12N4/c1-8-10(11)7-14(13-8)6-9-3-2-4-12-5-9/h2-5,7H,6,11H2,1H3. The van der Waals surface area contributed by atoms with Crippen LogP contribution in [0.2, 0.25) is 0 Å². The normalized spacial score (nSPS) is 10.4. The van der Waals surface area contributed by atoms with Gasteiger partial charge in [0.05, 0.1) is 17.9 Å². The number of hydrogen-bond acceptors (Lipinski definition) is 3. The molecule has 4 heteroatoms. The van der Waals surface area contributed by atoms with Crippen molar-refractivity contribution in [2.45, 2.75) is 13.5 Å². The van der Waals surface area contributed by atoms with Crippen LogP contribution in [0.4, 0.5) is 5.69 Å². The van der Waals surface area contributed by atoms with E-state index >= 15 is 0 Å². The first-order valence-electron chi connectivity index (χ1n) is 4.44. The fraction of sp³-hybridized carbons (Fsp3) is 0.200. The summed E-state index contributed by atoms with van der Waals surface area (Å²) in [7, 11) is 0. The van der Waals surface area contributed by atoms with Crippen molar-refractivity contribution in [2.75, 3.05) is 5.73 Å². The van der Waals surface area contributed by atoms with Gasteiger partial charge in [0, 0.05) is 18.6 Å². The van der Waals surface area contributed by atoms with Gasteiger partial charge in [-0.15, -0.1) is 0 Å². The number of pyridine rings is 1. The molecule has 2 aromatic rings. The highest BCUT2D eigenvalue weighted by Crippen LogP contribution is 2.08. The molecule has 0 saturated heterocycles. The summed E-state index contributed by atoms with van der Waals surface area (Å²) in [6, 6.07) is 3.93. The second-order valence-corrected chi connectivity index (χ2v) is 3.23. The van der Waals surface area contributed by atoms with Gasteiger partial charge in [0.2, 0.25) is 0 Å². The highest BCUT2D eigenvalue weighted by molar-refractivity contribution is 5.39. The molecule has 0 aliphatic carbocycles. The lowest BCUT2D eigenvalue weighted by molar-refractivity contribution is 0.677. The van der Waals surface area contributed by atoms with Crippen molar-refractivity contribution in [1.82, 2.24) is 14.8 Å². The molecule has 72 valence electrons. The molecule has 0 radical (unpaired) electrons. The van der Waals surface area contributed by atoms with Gasteiger partial charge in [-0.05, 0) is 18.6 Å². The lowest BCUT2D eigenvalue weighted by atomic mass is 10.3. The predicted octanol–water partition coefficient (Wildman–Crippen LogP) is 1.22. The minimum atomic E-state index is 0.714. The van der Waals surface area contributed by atoms with Gasteiger partial charge < -0.3 is 5.73 Å². The summed E-state index contributed by atoms with van der Waals surface area (Å²) in [5, 5.41) is 4.27. The third kappa shape index (κ3) is 1.74. The smallest absolute Gasteiger partial charge is 0.0823 e. The van der Waals surface area contributed by atoms with Crippen LogP contribution in [-0.4, -0.2) is 14.8 Å². The molecule has 0 aliphatic rings. The Morgan fingerprint density at radius 1 is 1.50 bits per heavy atom. The topological polar surface area (TPSA) is 56.7 Å². The quantitative estimate of drug-likeness (QED) is 0.770. The average Bonchev–Trinajstić information content (AvgIpc) is 2.47. The van der Waals surface area contributed by atoms with Crippen molar-refractivity contribution in [2.24, 2.45) is 0 Å². The van der Waals surface area contributed by atoms with Crippen molar-refractivity contribution in [3.8, 4) is 0 Å². The van der Waals surface area contributed by atoms with Gasteiger partial charge in [-0.2, -0.15) is 5.10 Å². The van der Waals surface area contributed by atoms with Crippen LogP contribution in [0.3, 0.4) is 0 Å². The molecule has 2 N–H and O–H groups in total. The molecule has 0 bridgehead atoms. The van der Waals surface area contributed by atoms with E-state index in [1.807, 2.05) is 36.1 Å². The van der Waals surface area contributed by atoms with Crippen LogP contribution < -0.4 is 5.73 Å². The number of hydrogen-bond donors (Lipinski definition) is 1. The maximum absolute atomic E-state index is 5.70. The summed E-state index contributed by atoms with van der Waals surface area (Å²) in [5.41, 5.74) is 8.42. The van der Waals surface area contributed by atoms with Crippen LogP contribution in [0.1, 0.15) is 11.3 Å². The van der Waals surface area contributed by atoms with Crippen molar-refractivity contribution in [3.63, 3.8) is 0 Å². The zero-order chi connectivity index (χ0) is 9.97. The molecule has 2 aromatic heterocycles. The average molecular weight is 188 g/mol. The molecular formula is C10H12N4. The van der Waals surface area contributed by atoms with Gasteiger partial charge in [0.25, 0.3) is 0 Å². The predicted molar refractivity (Wildman–Crippen MR) is 54.7 cm³/mol. The van der Waals surface area contributed by atoms with E-state index in [0.29, 0.717) is 6.54 Å². The summed E-state index contributed by atoms with van der Waals surface area (Å²) in [5.74, 6) is 0. The number of anilines is 1. The molecule has 2 rings (SSSR count). The maximum Gasteiger partial charge on any atom is 0.0823 e. The third-order valence-electron chi connectivity index (χ3n) is 2.05. The fourth-order valence-electron chi connectivity index (χ4n) is 1.29. The van der Waals surface area contributed by atoms with Gasteiger partial charge in [0.15, 0.2) is 0 Å². The molecule has 0 atom stereocenters. The summed E-state index contributed by atoms with van der Waals surface area (Å²) >= 11 is 0. The van der Waals surface area contributed by atoms with E-state index in [1.165, 1.54) is 0 Å². The number of nitrogen functional groups attached to an aromatic ring is 1. The highest BCUT2D eigenvalue weighted by Gasteiger charge is 2.00. The summed E-state index contributed by atoms with van der Waals surface area (Å²) in [6.45, 7) is 2.61. The van der Waals surface area contributed by atoms with Gasteiger partial charge in [-0.1, -0.05) is 6.07 Å². The van der Waals surface area contributed by atoms with E-state index in [4.69, 9.17) is 5.73 Å². The SMILES string of the molecule is Cc1nn(Cc2cccnc2)cc1N. The van der Waals surface area contributed by atoms with Gasteiger partial charge in [-0.25, -0.2) is 0 Å². The zero-order valence-electron chi connectivity index (χ0n) is 8.01. The number of rotatable bonds is 2. The van der Waals surface area contributed by atoms with E-state index in [1.54, 1.807) is 6.20 Å². The minimum absolute atomic E-state index is 0.714. The molecule has 0 amide bonds. The molecule has 0 aliphatic heterocycles. The Hall–Kier alpha value is -1.84.